The Bertz CT molecular complexity index is 1450. The van der Waals surface area contributed by atoms with Crippen molar-refractivity contribution in [3.8, 4) is 28.6 Å². The van der Waals surface area contributed by atoms with E-state index in [9.17, 15) is 55.9 Å². The molecule has 2 aliphatic heterocycles. The summed E-state index contributed by atoms with van der Waals surface area (Å²) in [5.41, 5.74) is -2.19. The largest absolute Gasteiger partial charge is 0.508 e. The normalized spacial score (nSPS) is 32.8. The second-order valence-electron chi connectivity index (χ2n) is 9.80. The van der Waals surface area contributed by atoms with Gasteiger partial charge in [0, 0.05) is 11.6 Å². The van der Waals surface area contributed by atoms with Crippen LogP contribution in [0.4, 0.5) is 0 Å². The first kappa shape index (κ1) is 28.2. The molecule has 14 nitrogen and oxygen atoms in total. The third-order valence-electron chi connectivity index (χ3n) is 7.31. The molecule has 0 saturated carbocycles. The Balaban J connectivity index is 1.81. The van der Waals surface area contributed by atoms with Gasteiger partial charge in [-0.05, 0) is 24.3 Å². The standard InChI is InChI=1S/C26H28O14/c27-6-13-18(32)21(35)23(37)26(40-13)16-20(34)15(25-22(36)17(31)11(30)7-38-25)19(33)14-10(29)5-12(39-24(14)16)8-1-3-9(28)4-2-8/h1-5,11,13,17-18,21-23,25-28,30-37H,6-7H2/t11-,13+,17-,18-,21-,22-,23+,25+,26-/m1/s1. The number of rotatable bonds is 4. The first-order valence-electron chi connectivity index (χ1n) is 12.3. The van der Waals surface area contributed by atoms with Crippen molar-refractivity contribution in [1.29, 1.82) is 0 Å². The van der Waals surface area contributed by atoms with Gasteiger partial charge in [0.1, 0.15) is 83.3 Å². The zero-order valence-corrected chi connectivity index (χ0v) is 20.6. The number of hydrogen-bond acceptors (Lipinski definition) is 14. The van der Waals surface area contributed by atoms with Crippen molar-refractivity contribution in [3.05, 3.63) is 51.7 Å². The minimum absolute atomic E-state index is 0.0767. The van der Waals surface area contributed by atoms with Gasteiger partial charge in [0.05, 0.1) is 24.3 Å². The number of hydrogen-bond donors (Lipinski definition) is 10. The number of ether oxygens (including phenoxy) is 2. The van der Waals surface area contributed by atoms with Crippen LogP contribution in [-0.4, -0.2) is 107 Å². The van der Waals surface area contributed by atoms with Crippen LogP contribution in [0.25, 0.3) is 22.3 Å². The summed E-state index contributed by atoms with van der Waals surface area (Å²) in [6.07, 6.45) is -15.7. The second kappa shape index (κ2) is 10.6. The van der Waals surface area contributed by atoms with Crippen molar-refractivity contribution in [2.75, 3.05) is 13.2 Å². The van der Waals surface area contributed by atoms with E-state index in [1.165, 1.54) is 24.3 Å². The molecule has 0 bridgehead atoms. The zero-order valence-electron chi connectivity index (χ0n) is 20.6. The van der Waals surface area contributed by atoms with Crippen LogP contribution in [0.15, 0.2) is 39.5 Å². The van der Waals surface area contributed by atoms with E-state index >= 15 is 0 Å². The van der Waals surface area contributed by atoms with Gasteiger partial charge in [0.15, 0.2) is 11.0 Å². The number of aliphatic hydroxyl groups is 7. The highest BCUT2D eigenvalue weighted by Gasteiger charge is 2.48. The summed E-state index contributed by atoms with van der Waals surface area (Å²) in [5, 5.41) is 104. The van der Waals surface area contributed by atoms with Crippen molar-refractivity contribution >= 4 is 11.0 Å². The molecule has 2 saturated heterocycles. The molecule has 0 aliphatic carbocycles. The van der Waals surface area contributed by atoms with Crippen molar-refractivity contribution in [2.45, 2.75) is 54.9 Å². The van der Waals surface area contributed by atoms with Crippen molar-refractivity contribution in [1.82, 2.24) is 0 Å². The van der Waals surface area contributed by atoms with Crippen LogP contribution in [0.5, 0.6) is 17.2 Å². The molecule has 3 heterocycles. The predicted octanol–water partition coefficient (Wildman–Crippen LogP) is -1.75. The minimum atomic E-state index is -1.96. The van der Waals surface area contributed by atoms with Crippen LogP contribution < -0.4 is 5.43 Å². The fourth-order valence-electron chi connectivity index (χ4n) is 5.11. The van der Waals surface area contributed by atoms with Crippen LogP contribution in [0, 0.1) is 0 Å². The van der Waals surface area contributed by atoms with Crippen LogP contribution in [-0.2, 0) is 9.47 Å². The molecule has 9 atom stereocenters. The van der Waals surface area contributed by atoms with Crippen LogP contribution in [0.3, 0.4) is 0 Å². The summed E-state index contributed by atoms with van der Waals surface area (Å²) in [7, 11) is 0. The van der Waals surface area contributed by atoms with E-state index in [4.69, 9.17) is 13.9 Å². The Morgan fingerprint density at radius 3 is 2.08 bits per heavy atom. The lowest BCUT2D eigenvalue weighted by Crippen LogP contribution is -2.55. The molecule has 5 rings (SSSR count). The average Bonchev–Trinajstić information content (AvgIpc) is 2.92. The van der Waals surface area contributed by atoms with E-state index in [1.807, 2.05) is 0 Å². The first-order valence-corrected chi connectivity index (χ1v) is 12.3. The lowest BCUT2D eigenvalue weighted by molar-refractivity contribution is -0.231. The Morgan fingerprint density at radius 2 is 1.43 bits per heavy atom. The average molecular weight is 564 g/mol. The Kier molecular flexibility index (Phi) is 7.47. The maximum atomic E-state index is 13.4. The molecular weight excluding hydrogens is 536 g/mol. The lowest BCUT2D eigenvalue weighted by Gasteiger charge is -2.41. The quantitative estimate of drug-likeness (QED) is 0.169. The number of phenolic OH excluding ortho intramolecular Hbond substituents is 3. The molecule has 0 unspecified atom stereocenters. The third kappa shape index (κ3) is 4.49. The molecule has 0 radical (unpaired) electrons. The third-order valence-corrected chi connectivity index (χ3v) is 7.31. The number of aliphatic hydroxyl groups excluding tert-OH is 7. The molecule has 216 valence electrons. The summed E-state index contributed by atoms with van der Waals surface area (Å²) in [6, 6.07) is 6.47. The fraction of sp³-hybridized carbons (Fsp3) is 0.423. The minimum Gasteiger partial charge on any atom is -0.508 e. The Hall–Kier alpha value is -3.31. The number of phenols is 3. The van der Waals surface area contributed by atoms with Gasteiger partial charge in [0.2, 0.25) is 0 Å². The maximum absolute atomic E-state index is 13.4. The molecule has 1 aromatic heterocycles. The Morgan fingerprint density at radius 1 is 0.775 bits per heavy atom. The van der Waals surface area contributed by atoms with Gasteiger partial charge in [-0.2, -0.15) is 0 Å². The van der Waals surface area contributed by atoms with Crippen LogP contribution in [0.2, 0.25) is 0 Å². The molecule has 2 aromatic carbocycles. The summed E-state index contributed by atoms with van der Waals surface area (Å²) in [4.78, 5) is 13.4. The van der Waals surface area contributed by atoms with Crippen LogP contribution >= 0.6 is 0 Å². The molecule has 3 aromatic rings. The summed E-state index contributed by atoms with van der Waals surface area (Å²) >= 11 is 0. The smallest absolute Gasteiger partial charge is 0.197 e. The second-order valence-corrected chi connectivity index (χ2v) is 9.80. The van der Waals surface area contributed by atoms with Gasteiger partial charge in [-0.25, -0.2) is 0 Å². The topological polar surface area (TPSA) is 251 Å². The molecular formula is C26H28O14. The lowest BCUT2D eigenvalue weighted by atomic mass is 9.85. The highest BCUT2D eigenvalue weighted by molar-refractivity contribution is 5.92. The highest BCUT2D eigenvalue weighted by atomic mass is 16.5. The summed E-state index contributed by atoms with van der Waals surface area (Å²) in [6.45, 7) is -1.34. The van der Waals surface area contributed by atoms with Gasteiger partial charge in [-0.1, -0.05) is 0 Å². The molecule has 14 heteroatoms. The van der Waals surface area contributed by atoms with E-state index in [-0.39, 0.29) is 11.5 Å². The summed E-state index contributed by atoms with van der Waals surface area (Å²) in [5.74, 6) is -2.00. The van der Waals surface area contributed by atoms with E-state index in [2.05, 4.69) is 0 Å². The van der Waals surface area contributed by atoms with E-state index < -0.39 is 107 Å². The summed E-state index contributed by atoms with van der Waals surface area (Å²) < 4.78 is 16.9. The molecule has 40 heavy (non-hydrogen) atoms. The fourth-order valence-corrected chi connectivity index (χ4v) is 5.11. The highest BCUT2D eigenvalue weighted by Crippen LogP contribution is 2.50. The van der Waals surface area contributed by atoms with E-state index in [0.717, 1.165) is 6.07 Å². The van der Waals surface area contributed by atoms with Crippen LogP contribution in [0.1, 0.15) is 23.3 Å². The van der Waals surface area contributed by atoms with Gasteiger partial charge in [-0.3, -0.25) is 4.79 Å². The monoisotopic (exact) mass is 564 g/mol. The number of aromatic hydroxyl groups is 3. The molecule has 0 amide bonds. The number of benzene rings is 2. The Labute approximate surface area is 224 Å². The first-order chi connectivity index (χ1) is 19.0. The van der Waals surface area contributed by atoms with Crippen molar-refractivity contribution < 1.29 is 65.0 Å². The number of fused-ring (bicyclic) bond motifs is 1. The molecule has 2 fully saturated rings. The molecule has 2 aliphatic rings. The van der Waals surface area contributed by atoms with E-state index in [1.54, 1.807) is 0 Å². The van der Waals surface area contributed by atoms with Gasteiger partial charge < -0.3 is 65.0 Å². The SMILES string of the molecule is O=c1cc(-c2ccc(O)cc2)oc2c([C@H]3O[C@@H](CO)[C@@H](O)[C@@H](O)[C@@H]3O)c(O)c([C@@H]3OC[C@@H](O)[C@@H](O)[C@H]3O)c(O)c12. The van der Waals surface area contributed by atoms with E-state index in [0.29, 0.717) is 5.56 Å². The van der Waals surface area contributed by atoms with Gasteiger partial charge in [-0.15, -0.1) is 0 Å². The van der Waals surface area contributed by atoms with Gasteiger partial charge >= 0.3 is 0 Å². The van der Waals surface area contributed by atoms with Crippen molar-refractivity contribution in [2.24, 2.45) is 0 Å². The zero-order chi connectivity index (χ0) is 29.0. The predicted molar refractivity (Wildman–Crippen MR) is 132 cm³/mol. The molecule has 0 spiro atoms. The van der Waals surface area contributed by atoms with Crippen molar-refractivity contribution in [3.63, 3.8) is 0 Å². The maximum Gasteiger partial charge on any atom is 0.197 e. The molecule has 10 N–H and O–H groups in total. The van der Waals surface area contributed by atoms with Gasteiger partial charge in [0.25, 0.3) is 0 Å².